The fourth-order valence-corrected chi connectivity index (χ4v) is 10.9. The van der Waals surface area contributed by atoms with Crippen molar-refractivity contribution in [3.63, 3.8) is 0 Å². The maximum atomic E-state index is 7.16. The lowest BCUT2D eigenvalue weighted by molar-refractivity contribution is 0.493. The molecule has 2 nitrogen and oxygen atoms in total. The number of rotatable bonds is 7. The molecule has 0 bridgehead atoms. The Hall–Kier alpha value is -8.72. The van der Waals surface area contributed by atoms with Gasteiger partial charge < -0.3 is 9.64 Å². The van der Waals surface area contributed by atoms with Crippen molar-refractivity contribution in [2.24, 2.45) is 0 Å². The van der Waals surface area contributed by atoms with E-state index in [9.17, 15) is 0 Å². The van der Waals surface area contributed by atoms with E-state index in [1.165, 1.54) is 50.1 Å². The van der Waals surface area contributed by atoms with Crippen LogP contribution in [0.15, 0.2) is 261 Å². The molecule has 0 unspecified atom stereocenters. The Morgan fingerprint density at radius 3 is 1.55 bits per heavy atom. The fraction of sp³-hybridized carbons (Fsp3) is 0.0154. The van der Waals surface area contributed by atoms with Gasteiger partial charge in [0.25, 0.3) is 0 Å². The molecule has 11 aromatic carbocycles. The molecule has 2 aliphatic rings. The summed E-state index contributed by atoms with van der Waals surface area (Å²) in [5.41, 5.74) is 19.2. The average molecular weight is 854 g/mol. The van der Waals surface area contributed by atoms with Crippen LogP contribution in [0, 0.1) is 0 Å². The third kappa shape index (κ3) is 6.26. The smallest absolute Gasteiger partial charge is 0.143 e. The molecule has 11 aromatic rings. The molecule has 0 fully saturated rings. The van der Waals surface area contributed by atoms with Gasteiger partial charge >= 0.3 is 0 Å². The summed E-state index contributed by atoms with van der Waals surface area (Å²) in [6.07, 6.45) is 0. The molecule has 2 heteroatoms. The van der Waals surface area contributed by atoms with E-state index in [1.807, 2.05) is 0 Å². The zero-order valence-electron chi connectivity index (χ0n) is 36.7. The fourth-order valence-electron chi connectivity index (χ4n) is 10.9. The predicted molar refractivity (Wildman–Crippen MR) is 278 cm³/mol. The minimum absolute atomic E-state index is 0.543. The van der Waals surface area contributed by atoms with Crippen molar-refractivity contribution in [1.29, 1.82) is 0 Å². The molecular weight excluding hydrogens is 811 g/mol. The summed E-state index contributed by atoms with van der Waals surface area (Å²) in [4.78, 5) is 2.42. The van der Waals surface area contributed by atoms with Crippen molar-refractivity contribution in [2.75, 3.05) is 4.90 Å². The first-order valence-corrected chi connectivity index (χ1v) is 23.1. The third-order valence-corrected chi connectivity index (χ3v) is 14.0. The molecule has 1 aliphatic carbocycles. The highest BCUT2D eigenvalue weighted by atomic mass is 16.5. The SMILES string of the molecule is c1ccc(-c2ccc(N(c3ccc4c(c3)-c3ccc(-c5ccccc5)cc3-c3ccc5ccccc5c3O4)c3ccc4c(c3)C(c3ccccc3)(c3ccccc3)c3ccccc3-4)cc2)cc1. The Labute approximate surface area is 391 Å². The van der Waals surface area contributed by atoms with Crippen molar-refractivity contribution < 1.29 is 4.74 Å². The highest BCUT2D eigenvalue weighted by molar-refractivity contribution is 6.02. The lowest BCUT2D eigenvalue weighted by Gasteiger charge is -2.35. The van der Waals surface area contributed by atoms with Gasteiger partial charge in [-0.3, -0.25) is 0 Å². The van der Waals surface area contributed by atoms with Gasteiger partial charge in [0.1, 0.15) is 11.5 Å². The van der Waals surface area contributed by atoms with Gasteiger partial charge in [0, 0.05) is 33.6 Å². The van der Waals surface area contributed by atoms with Crippen LogP contribution in [0.4, 0.5) is 17.1 Å². The van der Waals surface area contributed by atoms with Crippen LogP contribution < -0.4 is 9.64 Å². The molecule has 0 N–H and O–H groups in total. The van der Waals surface area contributed by atoms with Crippen LogP contribution in [0.1, 0.15) is 22.3 Å². The van der Waals surface area contributed by atoms with Gasteiger partial charge in [-0.2, -0.15) is 0 Å². The van der Waals surface area contributed by atoms with Gasteiger partial charge in [-0.25, -0.2) is 0 Å². The van der Waals surface area contributed by atoms with E-state index in [0.29, 0.717) is 0 Å². The third-order valence-electron chi connectivity index (χ3n) is 14.0. The Bertz CT molecular complexity index is 3600. The second kappa shape index (κ2) is 15.8. The molecule has 1 aliphatic heterocycles. The Balaban J connectivity index is 1.05. The number of benzene rings is 11. The monoisotopic (exact) mass is 853 g/mol. The van der Waals surface area contributed by atoms with E-state index >= 15 is 0 Å². The first-order chi connectivity index (χ1) is 33.2. The lowest BCUT2D eigenvalue weighted by Crippen LogP contribution is -2.28. The Morgan fingerprint density at radius 1 is 0.299 bits per heavy atom. The molecule has 0 atom stereocenters. The van der Waals surface area contributed by atoms with Crippen molar-refractivity contribution in [3.8, 4) is 67.1 Å². The number of hydrogen-bond acceptors (Lipinski definition) is 2. The topological polar surface area (TPSA) is 12.5 Å². The zero-order chi connectivity index (χ0) is 44.3. The molecule has 0 spiro atoms. The van der Waals surface area contributed by atoms with Crippen LogP contribution in [-0.4, -0.2) is 0 Å². The first-order valence-electron chi connectivity index (χ1n) is 23.1. The van der Waals surface area contributed by atoms with E-state index < -0.39 is 5.41 Å². The van der Waals surface area contributed by atoms with E-state index in [-0.39, 0.29) is 0 Å². The summed E-state index contributed by atoms with van der Waals surface area (Å²) in [6.45, 7) is 0. The summed E-state index contributed by atoms with van der Waals surface area (Å²) < 4.78 is 7.16. The predicted octanol–water partition coefficient (Wildman–Crippen LogP) is 17.4. The van der Waals surface area contributed by atoms with Crippen molar-refractivity contribution in [3.05, 3.63) is 283 Å². The van der Waals surface area contributed by atoms with Gasteiger partial charge in [0.2, 0.25) is 0 Å². The molecule has 0 aromatic heterocycles. The van der Waals surface area contributed by atoms with Crippen LogP contribution in [0.3, 0.4) is 0 Å². The minimum Gasteiger partial charge on any atom is -0.455 e. The van der Waals surface area contributed by atoms with Crippen LogP contribution >= 0.6 is 0 Å². The normalized spacial score (nSPS) is 12.7. The highest BCUT2D eigenvalue weighted by Gasteiger charge is 2.46. The molecule has 13 rings (SSSR count). The van der Waals surface area contributed by atoms with E-state index in [0.717, 1.165) is 67.2 Å². The minimum atomic E-state index is -0.543. The average Bonchev–Trinajstić information content (AvgIpc) is 3.62. The van der Waals surface area contributed by atoms with E-state index in [2.05, 4.69) is 266 Å². The quantitative estimate of drug-likeness (QED) is 0.158. The van der Waals surface area contributed by atoms with Crippen LogP contribution in [-0.2, 0) is 5.41 Å². The molecule has 0 saturated carbocycles. The standard InChI is InChI=1S/C65H43NO/c1-5-17-44(18-6-1)46-29-33-51(34-30-46)66(53-35-39-57-56-27-15-16-28-61(56)65(62(57)43-53,49-22-9-3-10-23-49)50-24-11-4-12-25-50)52-36-40-63-60(42-52)55-37-32-48(45-19-7-2-8-20-45)41-59(55)58-38-31-47-21-13-14-26-54(47)64(58)67-63/h1-43H. The second-order valence-corrected chi connectivity index (χ2v) is 17.6. The number of fused-ring (bicyclic) bond motifs is 10. The molecule has 0 radical (unpaired) electrons. The van der Waals surface area contributed by atoms with Gasteiger partial charge in [0.15, 0.2) is 0 Å². The van der Waals surface area contributed by atoms with Gasteiger partial charge in [-0.05, 0) is 127 Å². The summed E-state index contributed by atoms with van der Waals surface area (Å²) in [5, 5.41) is 2.24. The van der Waals surface area contributed by atoms with E-state index in [1.54, 1.807) is 0 Å². The van der Waals surface area contributed by atoms with E-state index in [4.69, 9.17) is 4.74 Å². The maximum Gasteiger partial charge on any atom is 0.143 e. The molecule has 1 heterocycles. The number of hydrogen-bond donors (Lipinski definition) is 0. The number of ether oxygens (including phenoxy) is 1. The zero-order valence-corrected chi connectivity index (χ0v) is 36.7. The molecular formula is C65H43NO. The molecule has 0 saturated heterocycles. The molecule has 67 heavy (non-hydrogen) atoms. The largest absolute Gasteiger partial charge is 0.455 e. The number of nitrogens with zero attached hydrogens (tertiary/aromatic N) is 1. The summed E-state index contributed by atoms with van der Waals surface area (Å²) >= 11 is 0. The summed E-state index contributed by atoms with van der Waals surface area (Å²) in [6, 6.07) is 95.0. The Kier molecular flexibility index (Phi) is 9.11. The van der Waals surface area contributed by atoms with Gasteiger partial charge in [0.05, 0.1) is 5.41 Å². The second-order valence-electron chi connectivity index (χ2n) is 17.6. The summed E-state index contributed by atoms with van der Waals surface area (Å²) in [7, 11) is 0. The van der Waals surface area contributed by atoms with Crippen LogP contribution in [0.5, 0.6) is 11.5 Å². The van der Waals surface area contributed by atoms with Crippen molar-refractivity contribution in [2.45, 2.75) is 5.41 Å². The van der Waals surface area contributed by atoms with Crippen LogP contribution in [0.2, 0.25) is 0 Å². The maximum absolute atomic E-state index is 7.16. The Morgan fingerprint density at radius 2 is 0.821 bits per heavy atom. The molecule has 0 amide bonds. The van der Waals surface area contributed by atoms with Crippen molar-refractivity contribution >= 4 is 27.8 Å². The summed E-state index contributed by atoms with van der Waals surface area (Å²) in [5.74, 6) is 1.70. The molecule has 314 valence electrons. The first kappa shape index (κ1) is 38.7. The van der Waals surface area contributed by atoms with Gasteiger partial charge in [-0.15, -0.1) is 0 Å². The van der Waals surface area contributed by atoms with Gasteiger partial charge in [-0.1, -0.05) is 206 Å². The number of anilines is 3. The lowest BCUT2D eigenvalue weighted by atomic mass is 9.67. The van der Waals surface area contributed by atoms with Crippen molar-refractivity contribution in [1.82, 2.24) is 0 Å². The van der Waals surface area contributed by atoms with Crippen LogP contribution in [0.25, 0.3) is 66.4 Å². The highest BCUT2D eigenvalue weighted by Crippen LogP contribution is 2.58.